The van der Waals surface area contributed by atoms with Gasteiger partial charge in [-0.1, -0.05) is 36.8 Å². The Bertz CT molecular complexity index is 730. The van der Waals surface area contributed by atoms with E-state index in [1.54, 1.807) is 31.4 Å². The zero-order valence-corrected chi connectivity index (χ0v) is 15.1. The lowest BCUT2D eigenvalue weighted by Crippen LogP contribution is -2.35. The summed E-state index contributed by atoms with van der Waals surface area (Å²) in [6, 6.07) is 16.7. The van der Waals surface area contributed by atoms with Crippen molar-refractivity contribution >= 4 is 16.8 Å². The van der Waals surface area contributed by atoms with E-state index in [-0.39, 0.29) is 17.7 Å². The molecule has 1 unspecified atom stereocenters. The van der Waals surface area contributed by atoms with Gasteiger partial charge in [0.2, 0.25) is 0 Å². The number of rotatable bonds is 6. The fourth-order valence-corrected chi connectivity index (χ4v) is 4.34. The van der Waals surface area contributed by atoms with Gasteiger partial charge in [-0.3, -0.25) is 4.79 Å². The highest BCUT2D eigenvalue weighted by molar-refractivity contribution is 7.83. The summed E-state index contributed by atoms with van der Waals surface area (Å²) in [5.41, 5.74) is 1.00. The predicted molar refractivity (Wildman–Crippen MR) is 98.7 cm³/mol. The monoisotopic (exact) mass is 357 g/mol. The van der Waals surface area contributed by atoms with Gasteiger partial charge in [-0.05, 0) is 42.7 Å². The molecule has 1 aliphatic rings. The van der Waals surface area contributed by atoms with Crippen LogP contribution in [0.3, 0.4) is 0 Å². The van der Waals surface area contributed by atoms with E-state index in [1.807, 2.05) is 30.3 Å². The van der Waals surface area contributed by atoms with Crippen molar-refractivity contribution in [3.63, 3.8) is 0 Å². The summed E-state index contributed by atoms with van der Waals surface area (Å²) in [4.78, 5) is 13.1. The third-order valence-electron chi connectivity index (χ3n) is 4.67. The zero-order chi connectivity index (χ0) is 17.6. The molecule has 4 nitrogen and oxygen atoms in total. The lowest BCUT2D eigenvalue weighted by atomic mass is 9.80. The van der Waals surface area contributed by atoms with E-state index >= 15 is 0 Å². The Morgan fingerprint density at radius 1 is 1.08 bits per heavy atom. The van der Waals surface area contributed by atoms with Gasteiger partial charge in [-0.25, -0.2) is 8.93 Å². The van der Waals surface area contributed by atoms with Crippen molar-refractivity contribution < 1.29 is 13.7 Å². The molecule has 0 spiro atoms. The minimum atomic E-state index is -1.40. The first kappa shape index (κ1) is 17.8. The molecule has 132 valence electrons. The number of hydrogen-bond donors (Lipinski definition) is 1. The van der Waals surface area contributed by atoms with Crippen LogP contribution in [0.25, 0.3) is 0 Å². The predicted octanol–water partition coefficient (Wildman–Crippen LogP) is 3.81. The molecular weight excluding hydrogens is 334 g/mol. The van der Waals surface area contributed by atoms with Gasteiger partial charge < -0.3 is 4.74 Å². The van der Waals surface area contributed by atoms with Crippen LogP contribution >= 0.6 is 0 Å². The highest BCUT2D eigenvalue weighted by atomic mass is 32.2. The summed E-state index contributed by atoms with van der Waals surface area (Å²) in [5.74, 6) is 0.862. The van der Waals surface area contributed by atoms with Crippen LogP contribution in [0.4, 0.5) is 0 Å². The van der Waals surface area contributed by atoms with Crippen molar-refractivity contribution in [2.24, 2.45) is 5.92 Å². The van der Waals surface area contributed by atoms with Crippen LogP contribution in [0.2, 0.25) is 0 Å². The lowest BCUT2D eigenvalue weighted by Gasteiger charge is -2.30. The smallest absolute Gasteiger partial charge is 0.137 e. The third-order valence-corrected chi connectivity index (χ3v) is 5.84. The third kappa shape index (κ3) is 4.35. The van der Waals surface area contributed by atoms with Gasteiger partial charge in [0.25, 0.3) is 0 Å². The van der Waals surface area contributed by atoms with E-state index in [1.165, 1.54) is 0 Å². The van der Waals surface area contributed by atoms with Crippen LogP contribution < -0.4 is 9.46 Å². The fraction of sp³-hybridized carbons (Fsp3) is 0.350. The summed E-state index contributed by atoms with van der Waals surface area (Å²) in [6.07, 6.45) is 3.45. The minimum Gasteiger partial charge on any atom is -0.497 e. The van der Waals surface area contributed by atoms with E-state index in [0.717, 1.165) is 30.6 Å². The number of benzene rings is 2. The Kier molecular flexibility index (Phi) is 6.00. The number of ether oxygens (including phenoxy) is 1. The Labute approximate surface area is 151 Å². The molecule has 0 heterocycles. The molecule has 1 fully saturated rings. The van der Waals surface area contributed by atoms with Gasteiger partial charge in [0.1, 0.15) is 22.5 Å². The van der Waals surface area contributed by atoms with E-state index in [4.69, 9.17) is 4.74 Å². The van der Waals surface area contributed by atoms with Gasteiger partial charge in [0.05, 0.1) is 18.0 Å². The number of methoxy groups -OCH3 is 1. The zero-order valence-electron chi connectivity index (χ0n) is 14.3. The van der Waals surface area contributed by atoms with Crippen molar-refractivity contribution in [2.45, 2.75) is 36.6 Å². The second kappa shape index (κ2) is 8.41. The first-order chi connectivity index (χ1) is 12.2. The first-order valence-corrected chi connectivity index (χ1v) is 9.73. The van der Waals surface area contributed by atoms with E-state index in [2.05, 4.69) is 4.72 Å². The molecule has 1 N–H and O–H groups in total. The molecule has 2 aromatic carbocycles. The number of nitrogens with one attached hydrogen (secondary N) is 1. The van der Waals surface area contributed by atoms with Gasteiger partial charge in [-0.15, -0.1) is 0 Å². The molecular formula is C20H23NO3S. The molecule has 1 aliphatic carbocycles. The second-order valence-electron chi connectivity index (χ2n) is 6.27. The molecule has 0 bridgehead atoms. The number of carbonyl (C=O) groups excluding carboxylic acids is 1. The summed E-state index contributed by atoms with van der Waals surface area (Å²) < 4.78 is 21.2. The van der Waals surface area contributed by atoms with Crippen molar-refractivity contribution in [3.05, 3.63) is 60.2 Å². The molecule has 0 aliphatic heterocycles. The van der Waals surface area contributed by atoms with Crippen LogP contribution in [0.5, 0.6) is 5.75 Å². The Morgan fingerprint density at radius 2 is 1.80 bits per heavy atom. The maximum Gasteiger partial charge on any atom is 0.137 e. The molecule has 2 aromatic rings. The van der Waals surface area contributed by atoms with Crippen molar-refractivity contribution in [2.75, 3.05) is 7.11 Å². The fourth-order valence-electron chi connectivity index (χ4n) is 3.29. The SMILES string of the molecule is COc1ccc(S(=O)N[C@@H](c2ccccc2)[C@H]2CCCCC2=O)cc1. The summed E-state index contributed by atoms with van der Waals surface area (Å²) in [7, 11) is 0.203. The normalized spacial score (nSPS) is 20.0. The molecule has 5 heteroatoms. The van der Waals surface area contributed by atoms with Crippen LogP contribution in [-0.2, 0) is 15.8 Å². The lowest BCUT2D eigenvalue weighted by molar-refractivity contribution is -0.125. The number of hydrogen-bond acceptors (Lipinski definition) is 3. The van der Waals surface area contributed by atoms with Crippen LogP contribution in [0, 0.1) is 5.92 Å². The second-order valence-corrected chi connectivity index (χ2v) is 7.51. The Balaban J connectivity index is 1.83. The average molecular weight is 357 g/mol. The first-order valence-electron chi connectivity index (χ1n) is 8.58. The van der Waals surface area contributed by atoms with E-state index < -0.39 is 11.0 Å². The van der Waals surface area contributed by atoms with Crippen LogP contribution in [0.1, 0.15) is 37.3 Å². The Morgan fingerprint density at radius 3 is 2.44 bits per heavy atom. The maximum atomic E-state index is 12.8. The molecule has 1 saturated carbocycles. The van der Waals surface area contributed by atoms with Gasteiger partial charge in [-0.2, -0.15) is 0 Å². The summed E-state index contributed by atoms with van der Waals surface area (Å²) in [5, 5.41) is 0. The standard InChI is InChI=1S/C20H23NO3S/c1-24-16-11-13-17(14-12-16)25(23)21-20(15-7-3-2-4-8-15)18-9-5-6-10-19(18)22/h2-4,7-8,11-14,18,20-21H,5-6,9-10H2,1H3/t18-,20-,25?/m0/s1. The van der Waals surface area contributed by atoms with Crippen LogP contribution in [-0.4, -0.2) is 17.1 Å². The summed E-state index contributed by atoms with van der Waals surface area (Å²) >= 11 is 0. The number of Topliss-reactive ketones (excluding diaryl/α,β-unsaturated/α-hetero) is 1. The summed E-state index contributed by atoms with van der Waals surface area (Å²) in [6.45, 7) is 0. The molecule has 0 radical (unpaired) electrons. The highest BCUT2D eigenvalue weighted by Crippen LogP contribution is 2.33. The molecule has 0 saturated heterocycles. The maximum absolute atomic E-state index is 12.8. The van der Waals surface area contributed by atoms with Gasteiger partial charge in [0.15, 0.2) is 0 Å². The number of ketones is 1. The number of carbonyl (C=O) groups is 1. The van der Waals surface area contributed by atoms with Gasteiger partial charge >= 0.3 is 0 Å². The van der Waals surface area contributed by atoms with Crippen LogP contribution in [0.15, 0.2) is 59.5 Å². The highest BCUT2D eigenvalue weighted by Gasteiger charge is 2.32. The average Bonchev–Trinajstić information content (AvgIpc) is 2.67. The molecule has 3 atom stereocenters. The van der Waals surface area contributed by atoms with Crippen molar-refractivity contribution in [1.82, 2.24) is 4.72 Å². The van der Waals surface area contributed by atoms with Crippen molar-refractivity contribution in [1.29, 1.82) is 0 Å². The van der Waals surface area contributed by atoms with Gasteiger partial charge in [0, 0.05) is 12.3 Å². The Hall–Kier alpha value is -1.98. The molecule has 25 heavy (non-hydrogen) atoms. The molecule has 0 aromatic heterocycles. The quantitative estimate of drug-likeness (QED) is 0.855. The van der Waals surface area contributed by atoms with Crippen molar-refractivity contribution in [3.8, 4) is 5.75 Å². The van der Waals surface area contributed by atoms with E-state index in [0.29, 0.717) is 11.3 Å². The topological polar surface area (TPSA) is 55.4 Å². The minimum absolute atomic E-state index is 0.127. The largest absolute Gasteiger partial charge is 0.497 e. The molecule has 0 amide bonds. The molecule has 3 rings (SSSR count). The van der Waals surface area contributed by atoms with E-state index in [9.17, 15) is 9.00 Å².